The molecule has 2 rings (SSSR count). The number of nitrogens with two attached hydrogens (primary N) is 1. The molecule has 2 N–H and O–H groups in total. The van der Waals surface area contributed by atoms with Crippen molar-refractivity contribution in [2.24, 2.45) is 10.7 Å². The van der Waals surface area contributed by atoms with Crippen LogP contribution in [0.25, 0.3) is 0 Å². The van der Waals surface area contributed by atoms with Gasteiger partial charge in [0.05, 0.1) is 6.61 Å². The lowest BCUT2D eigenvalue weighted by Crippen LogP contribution is -2.05. The van der Waals surface area contributed by atoms with Gasteiger partial charge in [0.15, 0.2) is 0 Å². The zero-order valence-electron chi connectivity index (χ0n) is 17.2. The van der Waals surface area contributed by atoms with Gasteiger partial charge in [-0.3, -0.25) is 4.99 Å². The van der Waals surface area contributed by atoms with Gasteiger partial charge in [-0.1, -0.05) is 35.9 Å². The van der Waals surface area contributed by atoms with Gasteiger partial charge in [0, 0.05) is 0 Å². The predicted octanol–water partition coefficient (Wildman–Crippen LogP) is 5.95. The number of hydrogen-bond acceptors (Lipinski definition) is 6. The van der Waals surface area contributed by atoms with E-state index in [1.165, 1.54) is 5.56 Å². The molecular formula is C21H27F3N2O2S2. The summed E-state index contributed by atoms with van der Waals surface area (Å²) in [5.41, 5.74) is 6.34. The summed E-state index contributed by atoms with van der Waals surface area (Å²) in [5, 5.41) is 0. The Morgan fingerprint density at radius 1 is 1.13 bits per heavy atom. The lowest BCUT2D eigenvalue weighted by molar-refractivity contribution is -0.0396. The largest absolute Gasteiger partial charge is 0.483 e. The first kappa shape index (κ1) is 26.4. The summed E-state index contributed by atoms with van der Waals surface area (Å²) in [6.45, 7) is 9.20. The van der Waals surface area contributed by atoms with Gasteiger partial charge in [-0.2, -0.15) is 13.2 Å². The van der Waals surface area contributed by atoms with Crippen LogP contribution < -0.4 is 10.5 Å². The number of aliphatic imine (C=N–C) groups is 1. The van der Waals surface area contributed by atoms with E-state index in [4.69, 9.17) is 10.5 Å². The fourth-order valence-electron chi connectivity index (χ4n) is 2.47. The summed E-state index contributed by atoms with van der Waals surface area (Å²) in [7, 11) is 0. The molecule has 0 amide bonds. The number of benzene rings is 2. The molecule has 0 saturated heterocycles. The highest BCUT2D eigenvalue weighted by molar-refractivity contribution is 7.95. The smallest absolute Gasteiger partial charge is 0.467 e. The summed E-state index contributed by atoms with van der Waals surface area (Å²) in [5.74, 6) is 1.02. The van der Waals surface area contributed by atoms with Gasteiger partial charge in [-0.05, 0) is 62.2 Å². The van der Waals surface area contributed by atoms with E-state index in [1.807, 2.05) is 57.2 Å². The fourth-order valence-corrected chi connectivity index (χ4v) is 2.91. The van der Waals surface area contributed by atoms with E-state index < -0.39 is 17.6 Å². The number of ether oxygens (including phenoxy) is 1. The third kappa shape index (κ3) is 9.88. The molecular weight excluding hydrogens is 433 g/mol. The Bertz CT molecular complexity index is 800. The average Bonchev–Trinajstić information content (AvgIpc) is 2.68. The number of alkyl halides is 3. The summed E-state index contributed by atoms with van der Waals surface area (Å²) in [4.78, 5) is 3.72. The monoisotopic (exact) mass is 460 g/mol. The first-order valence-electron chi connectivity index (χ1n) is 9.06. The fraction of sp³-hybridized carbons (Fsp3) is 0.381. The van der Waals surface area contributed by atoms with Crippen LogP contribution in [0.15, 0.2) is 41.4 Å². The second kappa shape index (κ2) is 12.9. The van der Waals surface area contributed by atoms with E-state index in [1.54, 1.807) is 0 Å². The minimum absolute atomic E-state index is 0.0111. The molecule has 0 bridgehead atoms. The standard InChI is InChI=1S/C12H15F3O2S2.C9H12N2/c1-8-6-11(16-7-18)9(2)5-10(8)3-4-17-19-12(13,14)15;1-7-3-5-8(6-4-7)9(10)11-2/h5-6,18H,3-4,7H2,1-2H3;3-6,9H,2,10H2,1H3. The summed E-state index contributed by atoms with van der Waals surface area (Å²) < 4.78 is 45.5. The van der Waals surface area contributed by atoms with Crippen LogP contribution in [0.3, 0.4) is 0 Å². The summed E-state index contributed by atoms with van der Waals surface area (Å²) in [6.07, 6.45) is 0.146. The van der Waals surface area contributed by atoms with E-state index in [9.17, 15) is 13.2 Å². The number of hydrogen-bond donors (Lipinski definition) is 2. The van der Waals surface area contributed by atoms with E-state index in [0.717, 1.165) is 28.0 Å². The molecule has 2 aromatic carbocycles. The van der Waals surface area contributed by atoms with Gasteiger partial charge >= 0.3 is 5.51 Å². The first-order valence-corrected chi connectivity index (χ1v) is 10.4. The maximum atomic E-state index is 11.9. The topological polar surface area (TPSA) is 56.8 Å². The minimum atomic E-state index is -4.35. The van der Waals surface area contributed by atoms with Crippen molar-refractivity contribution in [2.45, 2.75) is 38.9 Å². The van der Waals surface area contributed by atoms with Gasteiger partial charge in [0.25, 0.3) is 0 Å². The quantitative estimate of drug-likeness (QED) is 0.168. The van der Waals surface area contributed by atoms with Gasteiger partial charge < -0.3 is 14.7 Å². The number of nitrogens with zero attached hydrogens (tertiary/aromatic N) is 1. The molecule has 0 aromatic heterocycles. The lowest BCUT2D eigenvalue weighted by Gasteiger charge is -2.12. The zero-order valence-corrected chi connectivity index (χ0v) is 18.9. The third-order valence-electron chi connectivity index (χ3n) is 4.08. The third-order valence-corrected chi connectivity index (χ3v) is 4.68. The zero-order chi connectivity index (χ0) is 22.7. The van der Waals surface area contributed by atoms with Crippen LogP contribution >= 0.6 is 24.7 Å². The molecule has 1 unspecified atom stereocenters. The number of aryl methyl sites for hydroxylation is 3. The second-order valence-corrected chi connectivity index (χ2v) is 7.58. The Hall–Kier alpha value is -1.68. The highest BCUT2D eigenvalue weighted by atomic mass is 32.2. The number of rotatable bonds is 8. The van der Waals surface area contributed by atoms with Crippen LogP contribution in [0, 0.1) is 20.8 Å². The van der Waals surface area contributed by atoms with E-state index in [0.29, 0.717) is 6.42 Å². The van der Waals surface area contributed by atoms with E-state index in [2.05, 4.69) is 28.5 Å². The van der Waals surface area contributed by atoms with Crippen molar-refractivity contribution in [3.8, 4) is 5.75 Å². The van der Waals surface area contributed by atoms with Crippen molar-refractivity contribution in [3.05, 3.63) is 64.2 Å². The molecule has 0 fully saturated rings. The molecule has 0 radical (unpaired) electrons. The van der Waals surface area contributed by atoms with E-state index >= 15 is 0 Å². The van der Waals surface area contributed by atoms with Crippen molar-refractivity contribution in [2.75, 3.05) is 12.5 Å². The second-order valence-electron chi connectivity index (χ2n) is 6.46. The molecule has 166 valence electrons. The minimum Gasteiger partial charge on any atom is -0.483 e. The molecule has 4 nitrogen and oxygen atoms in total. The van der Waals surface area contributed by atoms with Crippen LogP contribution in [0.5, 0.6) is 5.75 Å². The van der Waals surface area contributed by atoms with Gasteiger partial charge in [0.1, 0.15) is 29.9 Å². The highest BCUT2D eigenvalue weighted by Crippen LogP contribution is 2.31. The molecule has 0 saturated carbocycles. The number of halogens is 3. The molecule has 1 atom stereocenters. The van der Waals surface area contributed by atoms with Crippen molar-refractivity contribution in [1.82, 2.24) is 0 Å². The Morgan fingerprint density at radius 3 is 2.30 bits per heavy atom. The SMILES string of the molecule is C=NC(N)c1ccc(C)cc1.Cc1cc(OCS)c(C)cc1CCOSC(F)(F)F. The molecule has 0 aliphatic heterocycles. The Labute approximate surface area is 185 Å². The summed E-state index contributed by atoms with van der Waals surface area (Å²) >= 11 is 3.52. The van der Waals surface area contributed by atoms with Crippen LogP contribution in [-0.4, -0.2) is 24.8 Å². The molecule has 9 heteroatoms. The van der Waals surface area contributed by atoms with Gasteiger partial charge in [-0.15, -0.1) is 12.6 Å². The maximum Gasteiger partial charge on any atom is 0.467 e. The molecule has 0 aliphatic carbocycles. The highest BCUT2D eigenvalue weighted by Gasteiger charge is 2.29. The molecule has 30 heavy (non-hydrogen) atoms. The van der Waals surface area contributed by atoms with Gasteiger partial charge in [-0.25, -0.2) is 0 Å². The molecule has 0 heterocycles. The van der Waals surface area contributed by atoms with Crippen molar-refractivity contribution >= 4 is 31.4 Å². The van der Waals surface area contributed by atoms with Crippen LogP contribution in [0.1, 0.15) is 34.0 Å². The first-order chi connectivity index (χ1) is 14.1. The molecule has 0 spiro atoms. The van der Waals surface area contributed by atoms with Crippen molar-refractivity contribution in [3.63, 3.8) is 0 Å². The average molecular weight is 461 g/mol. The molecule has 2 aromatic rings. The van der Waals surface area contributed by atoms with Crippen molar-refractivity contribution in [1.29, 1.82) is 0 Å². The number of thiol groups is 1. The summed E-state index contributed by atoms with van der Waals surface area (Å²) in [6, 6.07) is 11.7. The lowest BCUT2D eigenvalue weighted by atomic mass is 10.0. The Morgan fingerprint density at radius 2 is 1.77 bits per heavy atom. The van der Waals surface area contributed by atoms with Crippen molar-refractivity contribution < 1.29 is 22.1 Å². The van der Waals surface area contributed by atoms with Gasteiger partial charge in [0.2, 0.25) is 0 Å². The Balaban J connectivity index is 0.000000346. The normalized spacial score (nSPS) is 12.0. The van der Waals surface area contributed by atoms with E-state index in [-0.39, 0.29) is 18.7 Å². The van der Waals surface area contributed by atoms with Crippen LogP contribution in [-0.2, 0) is 10.6 Å². The van der Waals surface area contributed by atoms with Crippen LogP contribution in [0.2, 0.25) is 0 Å². The maximum absolute atomic E-state index is 11.9. The molecule has 0 aliphatic rings. The predicted molar refractivity (Wildman–Crippen MR) is 121 cm³/mol. The Kier molecular flexibility index (Phi) is 11.3. The van der Waals surface area contributed by atoms with Crippen LogP contribution in [0.4, 0.5) is 13.2 Å².